The van der Waals surface area contributed by atoms with Crippen LogP contribution in [0.1, 0.15) is 41.7 Å². The van der Waals surface area contributed by atoms with Crippen molar-refractivity contribution in [2.24, 2.45) is 4.99 Å². The van der Waals surface area contributed by atoms with Crippen LogP contribution in [0.25, 0.3) is 5.69 Å². The Bertz CT molecular complexity index is 1850. The predicted molar refractivity (Wildman–Crippen MR) is 204 cm³/mol. The third kappa shape index (κ3) is 12.8. The Morgan fingerprint density at radius 1 is 0.764 bits per heavy atom. The summed E-state index contributed by atoms with van der Waals surface area (Å²) in [5.41, 5.74) is 3.80. The second kappa shape index (κ2) is 21.9. The fourth-order valence-electron chi connectivity index (χ4n) is 5.56. The number of carboxylic acids is 1. The minimum absolute atomic E-state index is 0.0176. The first-order valence-corrected chi connectivity index (χ1v) is 18.3. The van der Waals surface area contributed by atoms with Gasteiger partial charge in [-0.1, -0.05) is 23.7 Å². The third-order valence-electron chi connectivity index (χ3n) is 8.21. The molecule has 2 heterocycles. The first-order valence-electron chi connectivity index (χ1n) is 17.9. The zero-order valence-corrected chi connectivity index (χ0v) is 31.7. The number of nitrogens with zero attached hydrogens (tertiary/aromatic N) is 4. The molecule has 294 valence electrons. The molecule has 1 atom stereocenters. The number of amides is 1. The van der Waals surface area contributed by atoms with Crippen LogP contribution in [-0.2, 0) is 33.3 Å². The molecular formula is C39H46ClN5O10. The fourth-order valence-corrected chi connectivity index (χ4v) is 5.68. The van der Waals surface area contributed by atoms with Crippen LogP contribution in [0.15, 0.2) is 71.7 Å². The van der Waals surface area contributed by atoms with E-state index in [1.807, 2.05) is 54.0 Å². The second-order valence-electron chi connectivity index (χ2n) is 12.2. The van der Waals surface area contributed by atoms with E-state index in [2.05, 4.69) is 15.5 Å². The van der Waals surface area contributed by atoms with Gasteiger partial charge in [0.2, 0.25) is 5.91 Å². The summed E-state index contributed by atoms with van der Waals surface area (Å²) in [5, 5.41) is 20.9. The summed E-state index contributed by atoms with van der Waals surface area (Å²) in [6.45, 7) is 6.08. The van der Waals surface area contributed by atoms with Gasteiger partial charge in [-0.2, -0.15) is 0 Å². The lowest BCUT2D eigenvalue weighted by atomic mass is 10.00. The molecular weight excluding hydrogens is 734 g/mol. The number of anilines is 1. The van der Waals surface area contributed by atoms with Crippen molar-refractivity contribution in [3.05, 3.63) is 94.5 Å². The van der Waals surface area contributed by atoms with Crippen molar-refractivity contribution in [1.82, 2.24) is 14.8 Å². The van der Waals surface area contributed by atoms with Crippen LogP contribution >= 0.6 is 11.6 Å². The number of nitrogens with one attached hydrogen (secondary N) is 1. The zero-order chi connectivity index (χ0) is 38.8. The Morgan fingerprint density at radius 2 is 1.35 bits per heavy atom. The summed E-state index contributed by atoms with van der Waals surface area (Å²) in [4.78, 5) is 29.0. The van der Waals surface area contributed by atoms with Gasteiger partial charge in [-0.3, -0.25) is 19.1 Å². The van der Waals surface area contributed by atoms with Crippen LogP contribution in [0.2, 0.25) is 5.02 Å². The largest absolute Gasteiger partial charge is 0.497 e. The molecule has 3 aromatic carbocycles. The maximum atomic E-state index is 13.5. The number of benzene rings is 3. The lowest BCUT2D eigenvalue weighted by Crippen LogP contribution is -2.17. The van der Waals surface area contributed by atoms with Crippen molar-refractivity contribution in [3.63, 3.8) is 0 Å². The maximum absolute atomic E-state index is 13.5. The van der Waals surface area contributed by atoms with Crippen LogP contribution in [0.4, 0.5) is 5.69 Å². The molecule has 15 nitrogen and oxygen atoms in total. The lowest BCUT2D eigenvalue weighted by Gasteiger charge is -2.14. The first kappa shape index (κ1) is 41.3. The molecule has 0 aliphatic carbocycles. The van der Waals surface area contributed by atoms with E-state index >= 15 is 0 Å². The summed E-state index contributed by atoms with van der Waals surface area (Å²) < 4.78 is 40.3. The Morgan fingerprint density at radius 3 is 1.95 bits per heavy atom. The number of aliphatic carboxylic acids is 1. The van der Waals surface area contributed by atoms with E-state index in [4.69, 9.17) is 54.9 Å². The summed E-state index contributed by atoms with van der Waals surface area (Å²) in [5.74, 6) is 1.42. The highest BCUT2D eigenvalue weighted by Crippen LogP contribution is 2.34. The highest BCUT2D eigenvalue weighted by Gasteiger charge is 2.30. The van der Waals surface area contributed by atoms with Crippen molar-refractivity contribution in [2.75, 3.05) is 85.1 Å². The molecule has 5 rings (SSSR count). The molecule has 1 aromatic heterocycles. The van der Waals surface area contributed by atoms with Crippen molar-refractivity contribution < 1.29 is 47.9 Å². The number of hydrogen-bond acceptors (Lipinski definition) is 12. The number of aryl methyl sites for hydroxylation is 1. The van der Waals surface area contributed by atoms with Crippen LogP contribution in [0.3, 0.4) is 0 Å². The number of fused-ring (bicyclic) bond motifs is 3. The van der Waals surface area contributed by atoms with Crippen LogP contribution in [-0.4, -0.2) is 117 Å². The minimum atomic E-state index is -0.886. The number of carbonyl (C=O) groups is 2. The molecule has 4 aromatic rings. The Kier molecular flexibility index (Phi) is 16.4. The summed E-state index contributed by atoms with van der Waals surface area (Å²) in [6.07, 6.45) is 0.00793. The Hall–Kier alpha value is -4.90. The van der Waals surface area contributed by atoms with Crippen LogP contribution in [0, 0.1) is 6.92 Å². The van der Waals surface area contributed by atoms with Gasteiger partial charge >= 0.3 is 5.97 Å². The number of halogens is 1. The van der Waals surface area contributed by atoms with E-state index in [1.165, 1.54) is 0 Å². The van der Waals surface area contributed by atoms with Crippen LogP contribution in [0.5, 0.6) is 11.5 Å². The van der Waals surface area contributed by atoms with Crippen molar-refractivity contribution in [3.8, 4) is 17.2 Å². The monoisotopic (exact) mass is 779 g/mol. The first-order chi connectivity index (χ1) is 26.8. The molecule has 16 heteroatoms. The van der Waals surface area contributed by atoms with Gasteiger partial charge in [0.25, 0.3) is 0 Å². The molecule has 1 aliphatic rings. The number of ether oxygens (including phenoxy) is 7. The van der Waals surface area contributed by atoms with Gasteiger partial charge in [-0.05, 0) is 61.5 Å². The SMILES string of the molecule is COc1ccc2c(c1)C(c1ccc(Cl)cc1)=NC(CC(=O)Nc1ccc(OCCOCCOCCOCCOCCOCCC(=O)O)cc1)c1nnc(C)n1-2. The summed E-state index contributed by atoms with van der Waals surface area (Å²) in [6, 6.07) is 19.7. The molecule has 0 saturated carbocycles. The molecule has 2 N–H and O–H groups in total. The van der Waals surface area contributed by atoms with Crippen molar-refractivity contribution in [2.45, 2.75) is 25.8 Å². The molecule has 1 unspecified atom stereocenters. The van der Waals surface area contributed by atoms with Gasteiger partial charge in [0.05, 0.1) is 97.4 Å². The normalized spacial score (nSPS) is 13.4. The van der Waals surface area contributed by atoms with E-state index < -0.39 is 12.0 Å². The summed E-state index contributed by atoms with van der Waals surface area (Å²) >= 11 is 6.21. The number of methoxy groups -OCH3 is 1. The highest BCUT2D eigenvalue weighted by molar-refractivity contribution is 6.30. The molecule has 1 aliphatic heterocycles. The second-order valence-corrected chi connectivity index (χ2v) is 12.6. The number of rotatable bonds is 24. The van der Waals surface area contributed by atoms with Crippen molar-refractivity contribution in [1.29, 1.82) is 0 Å². The van der Waals surface area contributed by atoms with Gasteiger partial charge in [0, 0.05) is 21.8 Å². The molecule has 0 radical (unpaired) electrons. The summed E-state index contributed by atoms with van der Waals surface area (Å²) in [7, 11) is 1.62. The van der Waals surface area contributed by atoms with E-state index in [1.54, 1.807) is 31.4 Å². The standard InChI is InChI=1S/C39H46ClN5O10/c1-27-43-44-39-34(42-38(28-3-5-29(40)6-4-28)33-25-32(49-2)11-12-35(33)45(27)39)26-36(46)41-30-7-9-31(10-8-30)55-24-23-54-22-21-53-20-19-52-18-17-51-16-15-50-14-13-37(47)48/h3-12,25,34H,13-24,26H2,1-2H3,(H,41,46)(H,47,48). The zero-order valence-electron chi connectivity index (χ0n) is 30.9. The average molecular weight is 780 g/mol. The maximum Gasteiger partial charge on any atom is 0.305 e. The predicted octanol–water partition coefficient (Wildman–Crippen LogP) is 5.10. The number of hydrogen-bond donors (Lipinski definition) is 2. The molecule has 55 heavy (non-hydrogen) atoms. The fraction of sp³-hybridized carbons (Fsp3) is 0.410. The average Bonchev–Trinajstić information content (AvgIpc) is 3.51. The van der Waals surface area contributed by atoms with Gasteiger partial charge in [0.1, 0.15) is 30.0 Å². The van der Waals surface area contributed by atoms with Crippen molar-refractivity contribution >= 4 is 34.9 Å². The van der Waals surface area contributed by atoms with Gasteiger partial charge in [-0.25, -0.2) is 0 Å². The topological polar surface area (TPSA) is 174 Å². The molecule has 0 saturated heterocycles. The number of carboxylic acid groups (broad SMARTS) is 1. The molecule has 1 amide bonds. The van der Waals surface area contributed by atoms with Gasteiger partial charge < -0.3 is 43.6 Å². The molecule has 0 bridgehead atoms. The lowest BCUT2D eigenvalue weighted by molar-refractivity contribution is -0.138. The number of carbonyl (C=O) groups excluding carboxylic acids is 1. The van der Waals surface area contributed by atoms with Gasteiger partial charge in [0.15, 0.2) is 5.82 Å². The molecule has 0 fully saturated rings. The van der Waals surface area contributed by atoms with Crippen LogP contribution < -0.4 is 14.8 Å². The van der Waals surface area contributed by atoms with E-state index in [-0.39, 0.29) is 25.4 Å². The van der Waals surface area contributed by atoms with E-state index in [0.717, 1.165) is 16.8 Å². The highest BCUT2D eigenvalue weighted by atomic mass is 35.5. The minimum Gasteiger partial charge on any atom is -0.497 e. The number of aliphatic imine (C=N–C) groups is 1. The third-order valence-corrected chi connectivity index (χ3v) is 8.46. The smallest absolute Gasteiger partial charge is 0.305 e. The molecule has 0 spiro atoms. The van der Waals surface area contributed by atoms with Gasteiger partial charge in [-0.15, -0.1) is 10.2 Å². The Labute approximate surface area is 324 Å². The quantitative estimate of drug-likeness (QED) is 0.0903. The van der Waals surface area contributed by atoms with E-state index in [9.17, 15) is 9.59 Å². The number of aromatic nitrogens is 3. The van der Waals surface area contributed by atoms with E-state index in [0.29, 0.717) is 106 Å². The Balaban J connectivity index is 1.02.